The lowest BCUT2D eigenvalue weighted by atomic mass is 9.90. The predicted octanol–water partition coefficient (Wildman–Crippen LogP) is 3.13. The summed E-state index contributed by atoms with van der Waals surface area (Å²) < 4.78 is 0. The molecule has 2 rings (SSSR count). The van der Waals surface area contributed by atoms with Crippen LogP contribution in [0.1, 0.15) is 61.9 Å². The van der Waals surface area contributed by atoms with E-state index in [0.29, 0.717) is 12.1 Å². The SMILES string of the molecule is CC(=O)NC1CCC(Nc2cc(C(C)(C)C)ncn2)CC1.[HH].[HH]. The quantitative estimate of drug-likeness (QED) is 0.899. The van der Waals surface area contributed by atoms with Crippen molar-refractivity contribution in [1.29, 1.82) is 0 Å². The van der Waals surface area contributed by atoms with E-state index in [1.54, 1.807) is 13.3 Å². The third-order valence-electron chi connectivity index (χ3n) is 3.92. The maximum Gasteiger partial charge on any atom is 0.217 e. The van der Waals surface area contributed by atoms with Crippen LogP contribution in [0.3, 0.4) is 0 Å². The topological polar surface area (TPSA) is 66.9 Å². The number of carbonyl (C=O) groups is 1. The Morgan fingerprint density at radius 3 is 2.38 bits per heavy atom. The fraction of sp³-hybridized carbons (Fsp3) is 0.688. The van der Waals surface area contributed by atoms with E-state index >= 15 is 0 Å². The van der Waals surface area contributed by atoms with Gasteiger partial charge in [-0.1, -0.05) is 20.8 Å². The molecule has 1 heterocycles. The Morgan fingerprint density at radius 2 is 1.81 bits per heavy atom. The summed E-state index contributed by atoms with van der Waals surface area (Å²) in [4.78, 5) is 19.7. The molecule has 21 heavy (non-hydrogen) atoms. The maximum atomic E-state index is 11.1. The van der Waals surface area contributed by atoms with Crippen LogP contribution in [0.15, 0.2) is 12.4 Å². The molecule has 2 N–H and O–H groups in total. The smallest absolute Gasteiger partial charge is 0.217 e. The van der Waals surface area contributed by atoms with E-state index in [2.05, 4.69) is 41.4 Å². The van der Waals surface area contributed by atoms with Gasteiger partial charge in [-0.05, 0) is 25.7 Å². The molecule has 0 aromatic carbocycles. The first-order valence-electron chi connectivity index (χ1n) is 7.71. The summed E-state index contributed by atoms with van der Waals surface area (Å²) in [5.41, 5.74) is 1.08. The number of amides is 1. The van der Waals surface area contributed by atoms with E-state index in [-0.39, 0.29) is 14.2 Å². The zero-order valence-electron chi connectivity index (χ0n) is 13.4. The average Bonchev–Trinajstić information content (AvgIpc) is 2.40. The van der Waals surface area contributed by atoms with Gasteiger partial charge in [0.1, 0.15) is 12.1 Å². The molecule has 0 spiro atoms. The molecule has 0 unspecified atom stereocenters. The largest absolute Gasteiger partial charge is 0.367 e. The van der Waals surface area contributed by atoms with Crippen LogP contribution in [0, 0.1) is 0 Å². The van der Waals surface area contributed by atoms with E-state index < -0.39 is 0 Å². The van der Waals surface area contributed by atoms with Crippen molar-refractivity contribution in [3.05, 3.63) is 18.1 Å². The molecule has 1 aliphatic rings. The lowest BCUT2D eigenvalue weighted by Gasteiger charge is -2.30. The van der Waals surface area contributed by atoms with Gasteiger partial charge in [0.05, 0.1) is 5.69 Å². The second-order valence-corrected chi connectivity index (χ2v) is 6.93. The summed E-state index contributed by atoms with van der Waals surface area (Å²) in [6, 6.07) is 2.80. The Morgan fingerprint density at radius 1 is 1.19 bits per heavy atom. The van der Waals surface area contributed by atoms with Gasteiger partial charge in [0, 0.05) is 33.3 Å². The zero-order valence-corrected chi connectivity index (χ0v) is 13.4. The minimum absolute atomic E-state index is 0. The third kappa shape index (κ3) is 4.69. The van der Waals surface area contributed by atoms with Crippen molar-refractivity contribution >= 4 is 11.7 Å². The van der Waals surface area contributed by atoms with Crippen molar-refractivity contribution in [3.63, 3.8) is 0 Å². The van der Waals surface area contributed by atoms with Gasteiger partial charge < -0.3 is 10.6 Å². The van der Waals surface area contributed by atoms with E-state index in [1.165, 1.54) is 0 Å². The van der Waals surface area contributed by atoms with Crippen LogP contribution in [0.2, 0.25) is 0 Å². The highest BCUT2D eigenvalue weighted by Gasteiger charge is 2.22. The first-order valence-corrected chi connectivity index (χ1v) is 7.71. The molecular formula is C16H30N4O. The van der Waals surface area contributed by atoms with Crippen molar-refractivity contribution in [2.45, 2.75) is 70.9 Å². The second-order valence-electron chi connectivity index (χ2n) is 6.93. The Hall–Kier alpha value is -1.65. The Labute approximate surface area is 129 Å². The van der Waals surface area contributed by atoms with Gasteiger partial charge in [0.15, 0.2) is 0 Å². The Bertz CT molecular complexity index is 497. The lowest BCUT2D eigenvalue weighted by molar-refractivity contribution is -0.119. The van der Waals surface area contributed by atoms with Crippen LogP contribution in [-0.2, 0) is 10.2 Å². The molecule has 1 aliphatic carbocycles. The summed E-state index contributed by atoms with van der Waals surface area (Å²) in [6.45, 7) is 8.03. The van der Waals surface area contributed by atoms with Crippen molar-refractivity contribution < 1.29 is 7.65 Å². The standard InChI is InChI=1S/C16H26N4O.2H2/c1-11(21)19-12-5-7-13(8-6-12)20-15-9-14(16(2,3)4)17-10-18-15;;/h9-10,12-13H,5-8H2,1-4H3,(H,19,21)(H,17,18,20);2*1H. The number of aromatic nitrogens is 2. The molecule has 1 aromatic rings. The molecule has 5 nitrogen and oxygen atoms in total. The summed E-state index contributed by atoms with van der Waals surface area (Å²) in [5, 5.41) is 6.51. The number of hydrogen-bond acceptors (Lipinski definition) is 4. The molecule has 0 radical (unpaired) electrons. The van der Waals surface area contributed by atoms with Crippen LogP contribution in [0.25, 0.3) is 0 Å². The predicted molar refractivity (Wildman–Crippen MR) is 88.4 cm³/mol. The van der Waals surface area contributed by atoms with Gasteiger partial charge in [-0.15, -0.1) is 0 Å². The maximum absolute atomic E-state index is 11.1. The first kappa shape index (κ1) is 15.7. The Balaban J connectivity index is 0.00000242. The molecule has 0 aliphatic heterocycles. The summed E-state index contributed by atoms with van der Waals surface area (Å²) in [6.07, 6.45) is 5.79. The normalized spacial score (nSPS) is 22.7. The first-order chi connectivity index (χ1) is 9.84. The molecular weight excluding hydrogens is 264 g/mol. The Kier molecular flexibility index (Phi) is 4.80. The van der Waals surface area contributed by atoms with Gasteiger partial charge in [-0.3, -0.25) is 4.79 Å². The molecule has 1 fully saturated rings. The van der Waals surface area contributed by atoms with Gasteiger partial charge in [0.2, 0.25) is 5.91 Å². The van der Waals surface area contributed by atoms with Gasteiger partial charge in [-0.25, -0.2) is 9.97 Å². The fourth-order valence-corrected chi connectivity index (χ4v) is 2.73. The van der Waals surface area contributed by atoms with Crippen molar-refractivity contribution in [1.82, 2.24) is 15.3 Å². The van der Waals surface area contributed by atoms with Crippen LogP contribution in [-0.4, -0.2) is 28.0 Å². The number of rotatable bonds is 3. The van der Waals surface area contributed by atoms with E-state index in [1.807, 2.05) is 6.07 Å². The summed E-state index contributed by atoms with van der Waals surface area (Å²) in [7, 11) is 0. The van der Waals surface area contributed by atoms with Crippen molar-refractivity contribution in [2.24, 2.45) is 0 Å². The molecule has 0 saturated heterocycles. The summed E-state index contributed by atoms with van der Waals surface area (Å²) >= 11 is 0. The lowest BCUT2D eigenvalue weighted by Crippen LogP contribution is -2.39. The van der Waals surface area contributed by atoms with Crippen LogP contribution >= 0.6 is 0 Å². The molecule has 1 aromatic heterocycles. The number of carbonyl (C=O) groups excluding carboxylic acids is 1. The number of hydrogen-bond donors (Lipinski definition) is 2. The highest BCUT2D eigenvalue weighted by molar-refractivity contribution is 5.73. The monoisotopic (exact) mass is 294 g/mol. The number of anilines is 1. The number of nitrogens with zero attached hydrogens (tertiary/aromatic N) is 2. The van der Waals surface area contributed by atoms with Gasteiger partial charge in [0.25, 0.3) is 0 Å². The molecule has 120 valence electrons. The average molecular weight is 294 g/mol. The molecule has 1 saturated carbocycles. The van der Waals surface area contributed by atoms with Gasteiger partial charge >= 0.3 is 0 Å². The van der Waals surface area contributed by atoms with Gasteiger partial charge in [-0.2, -0.15) is 0 Å². The van der Waals surface area contributed by atoms with E-state index in [4.69, 9.17) is 0 Å². The van der Waals surface area contributed by atoms with E-state index in [0.717, 1.165) is 37.2 Å². The minimum atomic E-state index is 0. The van der Waals surface area contributed by atoms with Crippen LogP contribution in [0.4, 0.5) is 5.82 Å². The number of nitrogens with one attached hydrogen (secondary N) is 2. The fourth-order valence-electron chi connectivity index (χ4n) is 2.73. The second kappa shape index (κ2) is 6.41. The molecule has 0 atom stereocenters. The molecule has 5 heteroatoms. The van der Waals surface area contributed by atoms with Crippen molar-refractivity contribution in [3.8, 4) is 0 Å². The van der Waals surface area contributed by atoms with Crippen molar-refractivity contribution in [2.75, 3.05) is 5.32 Å². The highest BCUT2D eigenvalue weighted by atomic mass is 16.1. The molecule has 1 amide bonds. The van der Waals surface area contributed by atoms with Crippen LogP contribution in [0.5, 0.6) is 0 Å². The minimum Gasteiger partial charge on any atom is -0.367 e. The van der Waals surface area contributed by atoms with E-state index in [9.17, 15) is 4.79 Å². The highest BCUT2D eigenvalue weighted by Crippen LogP contribution is 2.24. The zero-order chi connectivity index (χ0) is 15.5. The molecule has 0 bridgehead atoms. The third-order valence-corrected chi connectivity index (χ3v) is 3.92. The summed E-state index contributed by atoms with van der Waals surface area (Å²) in [5.74, 6) is 0.968. The van der Waals surface area contributed by atoms with Crippen LogP contribution < -0.4 is 10.6 Å².